The second-order valence-electron chi connectivity index (χ2n) is 5.96. The third-order valence-electron chi connectivity index (χ3n) is 4.42. The molecule has 0 amide bonds. The van der Waals surface area contributed by atoms with Crippen molar-refractivity contribution >= 4 is 11.5 Å². The number of benzene rings is 1. The van der Waals surface area contributed by atoms with Crippen molar-refractivity contribution in [3.8, 4) is 0 Å². The van der Waals surface area contributed by atoms with Crippen LogP contribution in [0.5, 0.6) is 0 Å². The lowest BCUT2D eigenvalue weighted by Crippen LogP contribution is -2.49. The van der Waals surface area contributed by atoms with Crippen LogP contribution in [0.1, 0.15) is 37.0 Å². The van der Waals surface area contributed by atoms with Crippen LogP contribution in [0, 0.1) is 5.82 Å². The van der Waals surface area contributed by atoms with E-state index in [4.69, 9.17) is 0 Å². The number of piperazine rings is 1. The van der Waals surface area contributed by atoms with Gasteiger partial charge in [-0.3, -0.25) is 9.69 Å². The Balaban J connectivity index is 1.97. The zero-order chi connectivity index (χ0) is 16.1. The lowest BCUT2D eigenvalue weighted by atomic mass is 10.1. The van der Waals surface area contributed by atoms with Gasteiger partial charge in [0.25, 0.3) is 0 Å². The van der Waals surface area contributed by atoms with Gasteiger partial charge in [-0.25, -0.2) is 4.39 Å². The van der Waals surface area contributed by atoms with Crippen molar-refractivity contribution in [3.63, 3.8) is 0 Å². The molecule has 0 aromatic heterocycles. The predicted octanol–water partition coefficient (Wildman–Crippen LogP) is 3.51. The smallest absolute Gasteiger partial charge is 0.159 e. The lowest BCUT2D eigenvalue weighted by Gasteiger charge is -2.39. The molecule has 1 aromatic rings. The molecule has 1 aliphatic rings. The molecular weight excluding hydrogens is 279 g/mol. The summed E-state index contributed by atoms with van der Waals surface area (Å²) in [6, 6.07) is 5.31. The largest absolute Gasteiger partial charge is 0.367 e. The van der Waals surface area contributed by atoms with Gasteiger partial charge in [0.05, 0.1) is 5.69 Å². The average molecular weight is 304 g/mol. The number of halogens is 1. The molecule has 0 unspecified atom stereocenters. The summed E-state index contributed by atoms with van der Waals surface area (Å²) >= 11 is 0. The number of nitrogens with zero attached hydrogens (tertiary/aromatic N) is 2. The number of allylic oxidation sites excluding steroid dienone is 1. The van der Waals surface area contributed by atoms with Crippen LogP contribution in [0.3, 0.4) is 0 Å². The van der Waals surface area contributed by atoms with Gasteiger partial charge in [0.1, 0.15) is 5.82 Å². The van der Waals surface area contributed by atoms with Crippen LogP contribution in [0.25, 0.3) is 0 Å². The summed E-state index contributed by atoms with van der Waals surface area (Å²) in [5.41, 5.74) is 1.03. The number of rotatable bonds is 6. The minimum Gasteiger partial charge on any atom is -0.367 e. The Morgan fingerprint density at radius 2 is 2.05 bits per heavy atom. The summed E-state index contributed by atoms with van der Waals surface area (Å²) < 4.78 is 14.2. The number of Topliss-reactive ketones (excluding diaryl/α,β-unsaturated/α-hetero) is 1. The SMILES string of the molecule is C=CCC[C@H](C)N1CCN(c2ccc(C(C)=O)cc2F)CC1. The van der Waals surface area contributed by atoms with Gasteiger partial charge in [-0.05, 0) is 44.9 Å². The fourth-order valence-electron chi connectivity index (χ4n) is 2.93. The number of hydrogen-bond acceptors (Lipinski definition) is 3. The molecule has 1 atom stereocenters. The summed E-state index contributed by atoms with van der Waals surface area (Å²) in [6.45, 7) is 11.0. The summed E-state index contributed by atoms with van der Waals surface area (Å²) in [5, 5.41) is 0. The van der Waals surface area contributed by atoms with Gasteiger partial charge < -0.3 is 4.90 Å². The van der Waals surface area contributed by atoms with E-state index in [2.05, 4.69) is 23.3 Å². The van der Waals surface area contributed by atoms with Crippen LogP contribution in [0.4, 0.5) is 10.1 Å². The van der Waals surface area contributed by atoms with Crippen LogP contribution in [0.15, 0.2) is 30.9 Å². The van der Waals surface area contributed by atoms with Crippen LogP contribution in [-0.4, -0.2) is 42.9 Å². The van der Waals surface area contributed by atoms with Crippen LogP contribution in [-0.2, 0) is 0 Å². The minimum absolute atomic E-state index is 0.105. The zero-order valence-corrected chi connectivity index (χ0v) is 13.5. The molecule has 22 heavy (non-hydrogen) atoms. The van der Waals surface area contributed by atoms with E-state index in [0.717, 1.165) is 39.0 Å². The standard InChI is InChI=1S/C18H25FN2O/c1-4-5-6-14(2)20-9-11-21(12-10-20)18-8-7-16(15(3)22)13-17(18)19/h4,7-8,13-14H,1,5-6,9-12H2,2-3H3/t14-/m0/s1. The maximum absolute atomic E-state index is 14.2. The summed E-state index contributed by atoms with van der Waals surface area (Å²) in [6.07, 6.45) is 4.10. The van der Waals surface area contributed by atoms with Crippen LogP contribution in [0.2, 0.25) is 0 Å². The van der Waals surface area contributed by atoms with E-state index in [-0.39, 0.29) is 11.6 Å². The Labute approximate surface area is 132 Å². The number of ketones is 1. The van der Waals surface area contributed by atoms with E-state index in [1.807, 2.05) is 6.08 Å². The number of hydrogen-bond donors (Lipinski definition) is 0. The number of carbonyl (C=O) groups excluding carboxylic acids is 1. The molecule has 0 bridgehead atoms. The number of carbonyl (C=O) groups is 1. The van der Waals surface area contributed by atoms with Gasteiger partial charge in [-0.15, -0.1) is 6.58 Å². The van der Waals surface area contributed by atoms with Crippen molar-refractivity contribution in [3.05, 3.63) is 42.2 Å². The maximum Gasteiger partial charge on any atom is 0.159 e. The predicted molar refractivity (Wildman–Crippen MR) is 89.1 cm³/mol. The highest BCUT2D eigenvalue weighted by atomic mass is 19.1. The first-order valence-corrected chi connectivity index (χ1v) is 7.93. The molecule has 1 aromatic carbocycles. The zero-order valence-electron chi connectivity index (χ0n) is 13.5. The van der Waals surface area contributed by atoms with Gasteiger partial charge in [0.2, 0.25) is 0 Å². The maximum atomic E-state index is 14.2. The van der Waals surface area contributed by atoms with Gasteiger partial charge >= 0.3 is 0 Å². The molecule has 1 heterocycles. The molecule has 1 aliphatic heterocycles. The molecule has 120 valence electrons. The molecule has 0 saturated carbocycles. The Morgan fingerprint density at radius 3 is 2.59 bits per heavy atom. The Morgan fingerprint density at radius 1 is 1.36 bits per heavy atom. The molecule has 3 nitrogen and oxygen atoms in total. The van der Waals surface area contributed by atoms with E-state index in [1.54, 1.807) is 12.1 Å². The minimum atomic E-state index is -0.305. The molecule has 0 aliphatic carbocycles. The van der Waals surface area contributed by atoms with Crippen molar-refractivity contribution in [1.29, 1.82) is 0 Å². The highest BCUT2D eigenvalue weighted by Crippen LogP contribution is 2.23. The average Bonchev–Trinajstić information content (AvgIpc) is 2.52. The molecule has 0 spiro atoms. The van der Waals surface area contributed by atoms with E-state index in [1.165, 1.54) is 13.0 Å². The van der Waals surface area contributed by atoms with Gasteiger partial charge in [-0.2, -0.15) is 0 Å². The van der Waals surface area contributed by atoms with E-state index in [0.29, 0.717) is 17.3 Å². The highest BCUT2D eigenvalue weighted by Gasteiger charge is 2.22. The molecular formula is C18H25FN2O. The van der Waals surface area contributed by atoms with Crippen LogP contribution < -0.4 is 4.90 Å². The summed E-state index contributed by atoms with van der Waals surface area (Å²) in [4.78, 5) is 15.8. The van der Waals surface area contributed by atoms with E-state index >= 15 is 0 Å². The topological polar surface area (TPSA) is 23.6 Å². The molecule has 4 heteroatoms. The second kappa shape index (κ2) is 7.54. The van der Waals surface area contributed by atoms with Crippen molar-refractivity contribution in [2.75, 3.05) is 31.1 Å². The first-order valence-electron chi connectivity index (χ1n) is 7.93. The first-order chi connectivity index (χ1) is 10.5. The quantitative estimate of drug-likeness (QED) is 0.593. The van der Waals surface area contributed by atoms with Gasteiger partial charge in [-0.1, -0.05) is 6.08 Å². The van der Waals surface area contributed by atoms with Crippen molar-refractivity contribution in [1.82, 2.24) is 4.90 Å². The fraction of sp³-hybridized carbons (Fsp3) is 0.500. The summed E-state index contributed by atoms with van der Waals surface area (Å²) in [5.74, 6) is -0.410. The van der Waals surface area contributed by atoms with Crippen molar-refractivity contribution in [2.24, 2.45) is 0 Å². The van der Waals surface area contributed by atoms with Crippen molar-refractivity contribution < 1.29 is 9.18 Å². The van der Waals surface area contributed by atoms with Crippen molar-refractivity contribution in [2.45, 2.75) is 32.7 Å². The molecule has 1 saturated heterocycles. The fourth-order valence-corrected chi connectivity index (χ4v) is 2.93. The Hall–Kier alpha value is -1.68. The number of anilines is 1. The third kappa shape index (κ3) is 3.95. The molecule has 0 radical (unpaired) electrons. The van der Waals surface area contributed by atoms with Gasteiger partial charge in [0, 0.05) is 37.8 Å². The lowest BCUT2D eigenvalue weighted by molar-refractivity contribution is 0.101. The second-order valence-corrected chi connectivity index (χ2v) is 5.96. The molecule has 0 N–H and O–H groups in total. The third-order valence-corrected chi connectivity index (χ3v) is 4.42. The first kappa shape index (κ1) is 16.7. The van der Waals surface area contributed by atoms with Gasteiger partial charge in [0.15, 0.2) is 5.78 Å². The molecule has 2 rings (SSSR count). The van der Waals surface area contributed by atoms with E-state index in [9.17, 15) is 9.18 Å². The highest BCUT2D eigenvalue weighted by molar-refractivity contribution is 5.94. The molecule has 1 fully saturated rings. The monoisotopic (exact) mass is 304 g/mol. The van der Waals surface area contributed by atoms with Crippen LogP contribution >= 0.6 is 0 Å². The van der Waals surface area contributed by atoms with E-state index < -0.39 is 0 Å². The summed E-state index contributed by atoms with van der Waals surface area (Å²) in [7, 11) is 0. The Bertz CT molecular complexity index is 536. The Kier molecular flexibility index (Phi) is 5.72. The normalized spacial score (nSPS) is 17.3.